The van der Waals surface area contributed by atoms with E-state index in [2.05, 4.69) is 10.3 Å². The number of nitrogens with one attached hydrogen (secondary N) is 1. The first-order valence-electron chi connectivity index (χ1n) is 7.56. The number of nitrogens with zero attached hydrogens (tertiary/aromatic N) is 1. The van der Waals surface area contributed by atoms with Gasteiger partial charge in [0, 0.05) is 6.92 Å². The summed E-state index contributed by atoms with van der Waals surface area (Å²) in [4.78, 5) is 16.2. The molecule has 0 saturated heterocycles. The first-order valence-corrected chi connectivity index (χ1v) is 7.56. The van der Waals surface area contributed by atoms with E-state index in [1.165, 1.54) is 0 Å². The zero-order chi connectivity index (χ0) is 16.7. The number of amides is 1. The molecule has 1 heterocycles. The lowest BCUT2D eigenvalue weighted by atomic mass is 10.3. The highest BCUT2D eigenvalue weighted by Crippen LogP contribution is 2.23. The second-order valence-corrected chi connectivity index (χ2v) is 4.54. The summed E-state index contributed by atoms with van der Waals surface area (Å²) in [7, 11) is 0. The predicted octanol–water partition coefficient (Wildman–Crippen LogP) is 4.18. The molecule has 23 heavy (non-hydrogen) atoms. The average Bonchev–Trinajstić information content (AvgIpc) is 2.97. The van der Waals surface area contributed by atoms with Gasteiger partial charge >= 0.3 is 0 Å². The van der Waals surface area contributed by atoms with Gasteiger partial charge in [-0.2, -0.15) is 0 Å². The van der Waals surface area contributed by atoms with Gasteiger partial charge in [-0.05, 0) is 24.3 Å². The Morgan fingerprint density at radius 3 is 2.61 bits per heavy atom. The Labute approximate surface area is 135 Å². The van der Waals surface area contributed by atoms with Crippen molar-refractivity contribution in [3.63, 3.8) is 0 Å². The third-order valence-electron chi connectivity index (χ3n) is 2.91. The van der Waals surface area contributed by atoms with Crippen LogP contribution in [0.2, 0.25) is 0 Å². The minimum Gasteiger partial charge on any atom is -0.484 e. The summed E-state index contributed by atoms with van der Waals surface area (Å²) in [6.07, 6.45) is 0. The van der Waals surface area contributed by atoms with E-state index in [1.54, 1.807) is 31.2 Å². The van der Waals surface area contributed by atoms with Crippen molar-refractivity contribution in [1.29, 1.82) is 0 Å². The van der Waals surface area contributed by atoms with Crippen LogP contribution in [-0.4, -0.2) is 17.5 Å². The lowest BCUT2D eigenvalue weighted by Crippen LogP contribution is -2.20. The summed E-state index contributed by atoms with van der Waals surface area (Å²) in [5.74, 6) is 0.974. The quantitative estimate of drug-likeness (QED) is 0.785. The molecular formula is C18H20N2O3. The Balaban J connectivity index is 0.000000924. The number of aryl methyl sites for hydroxylation is 1. The van der Waals surface area contributed by atoms with Crippen LogP contribution in [0, 0.1) is 6.92 Å². The van der Waals surface area contributed by atoms with Gasteiger partial charge in [-0.3, -0.25) is 4.79 Å². The van der Waals surface area contributed by atoms with Gasteiger partial charge in [-0.1, -0.05) is 38.1 Å². The topological polar surface area (TPSA) is 64.4 Å². The summed E-state index contributed by atoms with van der Waals surface area (Å²) >= 11 is 0. The first kappa shape index (κ1) is 16.5. The number of hydrogen-bond donors (Lipinski definition) is 1. The molecule has 0 unspecified atom stereocenters. The van der Waals surface area contributed by atoms with Gasteiger partial charge in [-0.25, -0.2) is 4.98 Å². The average molecular weight is 312 g/mol. The number of fused-ring (bicyclic) bond motifs is 1. The SMILES string of the molecule is CC.Cc1nc2c(NC(=O)COc3ccccc3)cccc2o1. The number of oxazole rings is 1. The minimum absolute atomic E-state index is 0.0583. The van der Waals surface area contributed by atoms with Crippen LogP contribution < -0.4 is 10.1 Å². The summed E-state index contributed by atoms with van der Waals surface area (Å²) in [6, 6.07) is 14.6. The van der Waals surface area contributed by atoms with Crippen LogP contribution in [-0.2, 0) is 4.79 Å². The zero-order valence-corrected chi connectivity index (χ0v) is 13.5. The van der Waals surface area contributed by atoms with Crippen molar-refractivity contribution < 1.29 is 13.9 Å². The van der Waals surface area contributed by atoms with E-state index in [0.29, 0.717) is 28.4 Å². The van der Waals surface area contributed by atoms with Crippen molar-refractivity contribution >= 4 is 22.7 Å². The number of anilines is 1. The molecular weight excluding hydrogens is 292 g/mol. The fourth-order valence-electron chi connectivity index (χ4n) is 2.01. The summed E-state index contributed by atoms with van der Waals surface area (Å²) < 4.78 is 10.8. The summed E-state index contributed by atoms with van der Waals surface area (Å²) in [5, 5.41) is 2.78. The number of benzene rings is 2. The van der Waals surface area contributed by atoms with Gasteiger partial charge in [0.1, 0.15) is 11.3 Å². The van der Waals surface area contributed by atoms with Gasteiger partial charge in [0.15, 0.2) is 18.1 Å². The van der Waals surface area contributed by atoms with Crippen LogP contribution >= 0.6 is 0 Å². The molecule has 1 aromatic heterocycles. The molecule has 0 radical (unpaired) electrons. The zero-order valence-electron chi connectivity index (χ0n) is 13.5. The summed E-state index contributed by atoms with van der Waals surface area (Å²) in [6.45, 7) is 5.71. The largest absolute Gasteiger partial charge is 0.484 e. The number of carbonyl (C=O) groups excluding carboxylic acids is 1. The van der Waals surface area contributed by atoms with Crippen molar-refractivity contribution in [1.82, 2.24) is 4.98 Å². The Morgan fingerprint density at radius 2 is 1.87 bits per heavy atom. The summed E-state index contributed by atoms with van der Waals surface area (Å²) in [5.41, 5.74) is 1.91. The third kappa shape index (κ3) is 4.32. The van der Waals surface area contributed by atoms with E-state index < -0.39 is 0 Å². The second kappa shape index (κ2) is 7.98. The fraction of sp³-hybridized carbons (Fsp3) is 0.222. The first-order chi connectivity index (χ1) is 11.2. The molecule has 0 aliphatic rings. The number of para-hydroxylation sites is 2. The van der Waals surface area contributed by atoms with E-state index in [0.717, 1.165) is 0 Å². The third-order valence-corrected chi connectivity index (χ3v) is 2.91. The van der Waals surface area contributed by atoms with Gasteiger partial charge in [-0.15, -0.1) is 0 Å². The highest BCUT2D eigenvalue weighted by Gasteiger charge is 2.10. The molecule has 3 aromatic rings. The number of aromatic nitrogens is 1. The highest BCUT2D eigenvalue weighted by molar-refractivity contribution is 5.99. The molecule has 0 saturated carbocycles. The maximum atomic E-state index is 11.9. The normalized spacial score (nSPS) is 9.87. The van der Waals surface area contributed by atoms with Crippen molar-refractivity contribution in [3.8, 4) is 5.75 Å². The van der Waals surface area contributed by atoms with E-state index in [-0.39, 0.29) is 12.5 Å². The molecule has 0 aliphatic carbocycles. The number of ether oxygens (including phenoxy) is 1. The molecule has 5 nitrogen and oxygen atoms in total. The van der Waals surface area contributed by atoms with E-state index in [4.69, 9.17) is 9.15 Å². The molecule has 0 fully saturated rings. The van der Waals surface area contributed by atoms with Crippen molar-refractivity contribution in [2.75, 3.05) is 11.9 Å². The molecule has 3 rings (SSSR count). The monoisotopic (exact) mass is 312 g/mol. The molecule has 2 aromatic carbocycles. The van der Waals surface area contributed by atoms with Crippen molar-refractivity contribution in [2.45, 2.75) is 20.8 Å². The highest BCUT2D eigenvalue weighted by atomic mass is 16.5. The van der Waals surface area contributed by atoms with Crippen molar-refractivity contribution in [2.24, 2.45) is 0 Å². The molecule has 1 N–H and O–H groups in total. The maximum absolute atomic E-state index is 11.9. The lowest BCUT2D eigenvalue weighted by Gasteiger charge is -2.07. The number of rotatable bonds is 4. The molecule has 0 bridgehead atoms. The van der Waals surface area contributed by atoms with Crippen LogP contribution in [0.3, 0.4) is 0 Å². The Bertz CT molecular complexity index is 766. The molecule has 0 atom stereocenters. The molecule has 120 valence electrons. The Kier molecular flexibility index (Phi) is 5.74. The van der Waals surface area contributed by atoms with Crippen LogP contribution in [0.4, 0.5) is 5.69 Å². The maximum Gasteiger partial charge on any atom is 0.262 e. The van der Waals surface area contributed by atoms with Gasteiger partial charge in [0.05, 0.1) is 5.69 Å². The van der Waals surface area contributed by atoms with Crippen LogP contribution in [0.5, 0.6) is 5.75 Å². The Hall–Kier alpha value is -2.82. The molecule has 0 aliphatic heterocycles. The van der Waals surface area contributed by atoms with Crippen LogP contribution in [0.1, 0.15) is 19.7 Å². The standard InChI is InChI=1S/C16H14N2O3.C2H6/c1-11-17-16-13(8-5-9-14(16)21-11)18-15(19)10-20-12-6-3-2-4-7-12;1-2/h2-9H,10H2,1H3,(H,18,19);1-2H3. The minimum atomic E-state index is -0.244. The van der Waals surface area contributed by atoms with E-state index >= 15 is 0 Å². The second-order valence-electron chi connectivity index (χ2n) is 4.54. The predicted molar refractivity (Wildman–Crippen MR) is 90.7 cm³/mol. The molecule has 5 heteroatoms. The van der Waals surface area contributed by atoms with E-state index in [9.17, 15) is 4.79 Å². The van der Waals surface area contributed by atoms with Gasteiger partial charge in [0.25, 0.3) is 5.91 Å². The smallest absolute Gasteiger partial charge is 0.262 e. The number of hydrogen-bond acceptors (Lipinski definition) is 4. The number of carbonyl (C=O) groups is 1. The van der Waals surface area contributed by atoms with Crippen molar-refractivity contribution in [3.05, 3.63) is 54.4 Å². The Morgan fingerprint density at radius 1 is 1.13 bits per heavy atom. The van der Waals surface area contributed by atoms with Crippen LogP contribution in [0.25, 0.3) is 11.1 Å². The van der Waals surface area contributed by atoms with Gasteiger partial charge < -0.3 is 14.5 Å². The lowest BCUT2D eigenvalue weighted by molar-refractivity contribution is -0.118. The van der Waals surface area contributed by atoms with Gasteiger partial charge in [0.2, 0.25) is 0 Å². The molecule has 1 amide bonds. The van der Waals surface area contributed by atoms with E-state index in [1.807, 2.05) is 38.1 Å². The van der Waals surface area contributed by atoms with Crippen LogP contribution in [0.15, 0.2) is 52.9 Å². The molecule has 0 spiro atoms. The fourth-order valence-corrected chi connectivity index (χ4v) is 2.01.